The highest BCUT2D eigenvalue weighted by molar-refractivity contribution is 6.33. The van der Waals surface area contributed by atoms with Crippen LogP contribution in [-0.2, 0) is 0 Å². The summed E-state index contributed by atoms with van der Waals surface area (Å²) < 4.78 is 5.14. The zero-order valence-corrected chi connectivity index (χ0v) is 9.47. The lowest BCUT2D eigenvalue weighted by molar-refractivity contribution is 0.349. The average Bonchev–Trinajstić information content (AvgIpc) is 2.51. The molecule has 1 unspecified atom stereocenters. The molecular formula is C10H17ClN2O. The molecular weight excluding hydrogens is 200 g/mol. The van der Waals surface area contributed by atoms with Crippen LogP contribution >= 0.6 is 11.6 Å². The van der Waals surface area contributed by atoms with Crippen LogP contribution in [0.25, 0.3) is 0 Å². The minimum absolute atomic E-state index is 0.302. The van der Waals surface area contributed by atoms with E-state index in [4.69, 9.17) is 21.9 Å². The second-order valence-electron chi connectivity index (χ2n) is 3.49. The number of rotatable bonds is 5. The van der Waals surface area contributed by atoms with Gasteiger partial charge in [-0.25, -0.2) is 0 Å². The summed E-state index contributed by atoms with van der Waals surface area (Å²) in [4.78, 5) is 0. The van der Waals surface area contributed by atoms with Crippen molar-refractivity contribution in [3.63, 3.8) is 0 Å². The molecule has 0 fully saturated rings. The van der Waals surface area contributed by atoms with Gasteiger partial charge < -0.3 is 10.3 Å². The van der Waals surface area contributed by atoms with Gasteiger partial charge in [0.1, 0.15) is 5.02 Å². The van der Waals surface area contributed by atoms with Gasteiger partial charge in [-0.1, -0.05) is 43.4 Å². The van der Waals surface area contributed by atoms with Crippen LogP contribution in [0.1, 0.15) is 51.2 Å². The SMILES string of the molecule is CCCCC(CC)c1onc(N)c1Cl. The van der Waals surface area contributed by atoms with Crippen LogP contribution in [0.5, 0.6) is 0 Å². The third-order valence-corrected chi connectivity index (χ3v) is 2.83. The number of halogens is 1. The molecule has 1 aromatic heterocycles. The second-order valence-corrected chi connectivity index (χ2v) is 3.87. The summed E-state index contributed by atoms with van der Waals surface area (Å²) in [7, 11) is 0. The molecule has 3 nitrogen and oxygen atoms in total. The van der Waals surface area contributed by atoms with E-state index in [1.54, 1.807) is 0 Å². The molecule has 14 heavy (non-hydrogen) atoms. The Morgan fingerprint density at radius 2 is 2.21 bits per heavy atom. The number of hydrogen-bond acceptors (Lipinski definition) is 3. The zero-order chi connectivity index (χ0) is 10.6. The van der Waals surface area contributed by atoms with Gasteiger partial charge in [-0.3, -0.25) is 0 Å². The number of nitrogens with zero attached hydrogens (tertiary/aromatic N) is 1. The van der Waals surface area contributed by atoms with Crippen LogP contribution in [-0.4, -0.2) is 5.16 Å². The van der Waals surface area contributed by atoms with Crippen molar-refractivity contribution in [2.24, 2.45) is 0 Å². The first-order chi connectivity index (χ1) is 6.70. The summed E-state index contributed by atoms with van der Waals surface area (Å²) in [5, 5.41) is 4.16. The molecule has 1 atom stereocenters. The molecule has 0 radical (unpaired) electrons. The van der Waals surface area contributed by atoms with Gasteiger partial charge in [0.2, 0.25) is 0 Å². The van der Waals surface area contributed by atoms with Gasteiger partial charge in [-0.2, -0.15) is 0 Å². The number of unbranched alkanes of at least 4 members (excludes halogenated alkanes) is 1. The Morgan fingerprint density at radius 3 is 2.64 bits per heavy atom. The molecule has 0 spiro atoms. The molecule has 0 aliphatic carbocycles. The van der Waals surface area contributed by atoms with Crippen LogP contribution in [0.15, 0.2) is 4.52 Å². The number of aromatic nitrogens is 1. The fraction of sp³-hybridized carbons (Fsp3) is 0.700. The second kappa shape index (κ2) is 5.25. The van der Waals surface area contributed by atoms with Crippen molar-refractivity contribution in [3.05, 3.63) is 10.8 Å². The smallest absolute Gasteiger partial charge is 0.186 e. The van der Waals surface area contributed by atoms with Crippen molar-refractivity contribution in [2.45, 2.75) is 45.4 Å². The molecule has 1 rings (SSSR count). The van der Waals surface area contributed by atoms with Crippen molar-refractivity contribution in [2.75, 3.05) is 5.73 Å². The van der Waals surface area contributed by atoms with E-state index in [9.17, 15) is 0 Å². The van der Waals surface area contributed by atoms with E-state index < -0.39 is 0 Å². The summed E-state index contributed by atoms with van der Waals surface area (Å²) in [6.07, 6.45) is 4.45. The van der Waals surface area contributed by atoms with E-state index in [-0.39, 0.29) is 0 Å². The van der Waals surface area contributed by atoms with E-state index in [2.05, 4.69) is 19.0 Å². The first-order valence-corrected chi connectivity index (χ1v) is 5.49. The molecule has 1 aromatic rings. The Hall–Kier alpha value is -0.700. The molecule has 80 valence electrons. The van der Waals surface area contributed by atoms with Crippen molar-refractivity contribution >= 4 is 17.4 Å². The Labute approximate surface area is 89.6 Å². The molecule has 0 aromatic carbocycles. The van der Waals surface area contributed by atoms with E-state index in [1.165, 1.54) is 12.8 Å². The molecule has 4 heteroatoms. The van der Waals surface area contributed by atoms with Crippen molar-refractivity contribution in [1.82, 2.24) is 5.16 Å². The van der Waals surface area contributed by atoms with Gasteiger partial charge in [0, 0.05) is 5.92 Å². The fourth-order valence-corrected chi connectivity index (χ4v) is 1.75. The third-order valence-electron chi connectivity index (χ3n) is 2.45. The number of hydrogen-bond donors (Lipinski definition) is 1. The quantitative estimate of drug-likeness (QED) is 0.818. The van der Waals surface area contributed by atoms with Crippen LogP contribution < -0.4 is 5.73 Å². The summed E-state index contributed by atoms with van der Waals surface area (Å²) in [6.45, 7) is 4.29. The Morgan fingerprint density at radius 1 is 1.50 bits per heavy atom. The minimum atomic E-state index is 0.302. The first-order valence-electron chi connectivity index (χ1n) is 5.11. The van der Waals surface area contributed by atoms with Gasteiger partial charge >= 0.3 is 0 Å². The molecule has 2 N–H and O–H groups in total. The summed E-state index contributed by atoms with van der Waals surface area (Å²) >= 11 is 5.98. The summed E-state index contributed by atoms with van der Waals surface area (Å²) in [5.74, 6) is 1.41. The van der Waals surface area contributed by atoms with Crippen molar-refractivity contribution in [3.8, 4) is 0 Å². The predicted molar refractivity (Wildman–Crippen MR) is 58.5 cm³/mol. The van der Waals surface area contributed by atoms with E-state index in [1.807, 2.05) is 0 Å². The third kappa shape index (κ3) is 2.41. The maximum Gasteiger partial charge on any atom is 0.186 e. The molecule has 0 saturated heterocycles. The van der Waals surface area contributed by atoms with Crippen LogP contribution in [0.4, 0.5) is 5.82 Å². The Bertz CT molecular complexity index is 286. The van der Waals surface area contributed by atoms with E-state index in [0.29, 0.717) is 16.8 Å². The van der Waals surface area contributed by atoms with Crippen molar-refractivity contribution in [1.29, 1.82) is 0 Å². The maximum absolute atomic E-state index is 5.98. The molecule has 0 aliphatic rings. The van der Waals surface area contributed by atoms with Gasteiger partial charge in [0.15, 0.2) is 11.6 Å². The summed E-state index contributed by atoms with van der Waals surface area (Å²) in [5.41, 5.74) is 5.52. The van der Waals surface area contributed by atoms with Crippen LogP contribution in [0.3, 0.4) is 0 Å². The Balaban J connectivity index is 2.73. The van der Waals surface area contributed by atoms with E-state index >= 15 is 0 Å². The maximum atomic E-state index is 5.98. The molecule has 0 aliphatic heterocycles. The lowest BCUT2D eigenvalue weighted by atomic mass is 9.97. The molecule has 0 amide bonds. The minimum Gasteiger partial charge on any atom is -0.380 e. The van der Waals surface area contributed by atoms with Crippen molar-refractivity contribution < 1.29 is 4.52 Å². The van der Waals surface area contributed by atoms with Gasteiger partial charge in [-0.15, -0.1) is 0 Å². The first kappa shape index (κ1) is 11.4. The van der Waals surface area contributed by atoms with Gasteiger partial charge in [0.25, 0.3) is 0 Å². The standard InChI is InChI=1S/C10H17ClN2O/c1-3-5-6-7(4-2)9-8(11)10(12)13-14-9/h7H,3-6H2,1-2H3,(H2,12,13). The molecule has 1 heterocycles. The van der Waals surface area contributed by atoms with Crippen LogP contribution in [0.2, 0.25) is 5.02 Å². The number of nitrogen functional groups attached to an aromatic ring is 1. The summed E-state index contributed by atoms with van der Waals surface area (Å²) in [6, 6.07) is 0. The molecule has 0 saturated carbocycles. The van der Waals surface area contributed by atoms with E-state index in [0.717, 1.165) is 18.6 Å². The Kier molecular flexibility index (Phi) is 4.26. The van der Waals surface area contributed by atoms with Crippen LogP contribution in [0, 0.1) is 0 Å². The predicted octanol–water partition coefficient (Wildman–Crippen LogP) is 3.59. The normalized spacial score (nSPS) is 13.1. The highest BCUT2D eigenvalue weighted by atomic mass is 35.5. The fourth-order valence-electron chi connectivity index (χ4n) is 1.53. The lowest BCUT2D eigenvalue weighted by Gasteiger charge is -2.10. The molecule has 0 bridgehead atoms. The number of anilines is 1. The zero-order valence-electron chi connectivity index (χ0n) is 8.72. The topological polar surface area (TPSA) is 52.0 Å². The highest BCUT2D eigenvalue weighted by Gasteiger charge is 2.19. The number of nitrogens with two attached hydrogens (primary N) is 1. The van der Waals surface area contributed by atoms with Gasteiger partial charge in [-0.05, 0) is 12.8 Å². The van der Waals surface area contributed by atoms with Gasteiger partial charge in [0.05, 0.1) is 0 Å². The lowest BCUT2D eigenvalue weighted by Crippen LogP contribution is -1.96. The monoisotopic (exact) mass is 216 g/mol. The largest absolute Gasteiger partial charge is 0.380 e. The highest BCUT2D eigenvalue weighted by Crippen LogP contribution is 2.33. The average molecular weight is 217 g/mol.